The third kappa shape index (κ3) is 3.37. The van der Waals surface area contributed by atoms with Crippen molar-refractivity contribution >= 4 is 29.4 Å². The molecule has 0 saturated carbocycles. The second-order valence-electron chi connectivity index (χ2n) is 4.15. The first kappa shape index (κ1) is 12.8. The van der Waals surface area contributed by atoms with Crippen LogP contribution >= 0.6 is 11.8 Å². The first-order valence-corrected chi connectivity index (χ1v) is 5.60. The van der Waals surface area contributed by atoms with E-state index in [0.717, 1.165) is 11.8 Å². The first-order chi connectivity index (χ1) is 7.31. The quantitative estimate of drug-likeness (QED) is 0.743. The van der Waals surface area contributed by atoms with E-state index < -0.39 is 22.8 Å². The molecule has 88 valence electrons. The fourth-order valence-electron chi connectivity index (χ4n) is 1.05. The van der Waals surface area contributed by atoms with Gasteiger partial charge in [-0.2, -0.15) is 0 Å². The van der Waals surface area contributed by atoms with Crippen molar-refractivity contribution in [2.75, 3.05) is 0 Å². The highest BCUT2D eigenvalue weighted by molar-refractivity contribution is 8.04. The fourth-order valence-corrected chi connectivity index (χ4v) is 1.78. The lowest BCUT2D eigenvalue weighted by Crippen LogP contribution is -2.38. The molecule has 1 aliphatic rings. The second kappa shape index (κ2) is 4.69. The van der Waals surface area contributed by atoms with Gasteiger partial charge in [-0.05, 0) is 26.2 Å². The minimum atomic E-state index is -1.20. The van der Waals surface area contributed by atoms with Crippen LogP contribution in [0.1, 0.15) is 20.8 Å². The molecule has 0 amide bonds. The topological polar surface area (TPSA) is 76.0 Å². The average molecular weight is 243 g/mol. The Morgan fingerprint density at radius 1 is 1.50 bits per heavy atom. The van der Waals surface area contributed by atoms with E-state index in [1.165, 1.54) is 6.20 Å². The molecule has 1 aliphatic heterocycles. The number of aliphatic imine (C=N–C) groups is 1. The molecule has 1 N–H and O–H groups in total. The maximum absolute atomic E-state index is 11.7. The first-order valence-electron chi connectivity index (χ1n) is 4.65. The highest BCUT2D eigenvalue weighted by atomic mass is 32.2. The molecule has 6 heteroatoms. The molecule has 0 spiro atoms. The number of aliphatic carboxylic acids is 1. The van der Waals surface area contributed by atoms with Gasteiger partial charge in [0.1, 0.15) is 11.3 Å². The minimum Gasteiger partial charge on any atom is -0.477 e. The number of rotatable bonds is 2. The van der Waals surface area contributed by atoms with Crippen LogP contribution in [-0.4, -0.2) is 33.6 Å². The number of carboxylic acids is 1. The zero-order chi connectivity index (χ0) is 12.3. The molecular formula is C10H13NO4S. The average Bonchev–Trinajstić information content (AvgIpc) is 2.15. The monoisotopic (exact) mass is 243 g/mol. The second-order valence-corrected chi connectivity index (χ2v) is 5.17. The lowest BCUT2D eigenvalue weighted by molar-refractivity contribution is -0.153. The summed E-state index contributed by atoms with van der Waals surface area (Å²) in [4.78, 5) is 26.2. The Kier molecular flexibility index (Phi) is 3.74. The van der Waals surface area contributed by atoms with Crippen molar-refractivity contribution < 1.29 is 19.4 Å². The Balaban J connectivity index is 2.81. The molecule has 0 aliphatic carbocycles. The maximum Gasteiger partial charge on any atom is 0.352 e. The third-order valence-electron chi connectivity index (χ3n) is 1.58. The van der Waals surface area contributed by atoms with E-state index in [4.69, 9.17) is 9.84 Å². The van der Waals surface area contributed by atoms with Crippen LogP contribution in [0.2, 0.25) is 0 Å². The Morgan fingerprint density at radius 2 is 2.12 bits per heavy atom. The number of carbonyl (C=O) groups excluding carboxylic acids is 1. The lowest BCUT2D eigenvalue weighted by atomic mass is 10.2. The number of hydrogen-bond acceptors (Lipinski definition) is 5. The number of carbonyl (C=O) groups is 2. The molecule has 16 heavy (non-hydrogen) atoms. The normalized spacial score (nSPS) is 20.2. The smallest absolute Gasteiger partial charge is 0.352 e. The number of esters is 1. The van der Waals surface area contributed by atoms with Gasteiger partial charge in [0.15, 0.2) is 5.25 Å². The predicted molar refractivity (Wildman–Crippen MR) is 61.4 cm³/mol. The van der Waals surface area contributed by atoms with Crippen molar-refractivity contribution in [1.82, 2.24) is 0 Å². The largest absolute Gasteiger partial charge is 0.477 e. The molecule has 0 aromatic carbocycles. The summed E-state index contributed by atoms with van der Waals surface area (Å²) in [6.45, 7) is 5.18. The van der Waals surface area contributed by atoms with E-state index in [2.05, 4.69) is 4.99 Å². The van der Waals surface area contributed by atoms with Gasteiger partial charge >= 0.3 is 11.9 Å². The van der Waals surface area contributed by atoms with Gasteiger partial charge in [0.2, 0.25) is 0 Å². The maximum atomic E-state index is 11.7. The van der Waals surface area contributed by atoms with E-state index in [1.54, 1.807) is 26.2 Å². The molecule has 0 aromatic heterocycles. The number of thioether (sulfide) groups is 1. The highest BCUT2D eigenvalue weighted by Crippen LogP contribution is 2.22. The summed E-state index contributed by atoms with van der Waals surface area (Å²) in [6.07, 6.45) is 1.36. The molecule has 0 saturated heterocycles. The Morgan fingerprint density at radius 3 is 2.62 bits per heavy atom. The molecule has 0 fully saturated rings. The molecule has 5 nitrogen and oxygen atoms in total. The minimum absolute atomic E-state index is 0.193. The fraction of sp³-hybridized carbons (Fsp3) is 0.500. The van der Waals surface area contributed by atoms with Crippen LogP contribution in [0.25, 0.3) is 0 Å². The van der Waals surface area contributed by atoms with Gasteiger partial charge in [0.05, 0.1) is 0 Å². The standard InChI is InChI=1S/C10H13NO4S/c1-10(2,3)15-9(14)7-6(8(12)13)11-4-5-16-7/h4-5,7H,1-3H3,(H,12,13). The molecule has 0 aromatic rings. The van der Waals surface area contributed by atoms with Gasteiger partial charge in [-0.3, -0.25) is 9.79 Å². The zero-order valence-electron chi connectivity index (χ0n) is 9.26. The van der Waals surface area contributed by atoms with Gasteiger partial charge < -0.3 is 9.84 Å². The van der Waals surface area contributed by atoms with Gasteiger partial charge in [0.25, 0.3) is 0 Å². The van der Waals surface area contributed by atoms with Gasteiger partial charge in [-0.1, -0.05) is 0 Å². The van der Waals surface area contributed by atoms with Crippen molar-refractivity contribution in [2.45, 2.75) is 31.6 Å². The summed E-state index contributed by atoms with van der Waals surface area (Å²) in [7, 11) is 0. The van der Waals surface area contributed by atoms with Crippen LogP contribution in [-0.2, 0) is 14.3 Å². The van der Waals surface area contributed by atoms with Gasteiger partial charge in [-0.15, -0.1) is 11.8 Å². The van der Waals surface area contributed by atoms with E-state index >= 15 is 0 Å². The highest BCUT2D eigenvalue weighted by Gasteiger charge is 2.34. The van der Waals surface area contributed by atoms with Crippen LogP contribution in [0.3, 0.4) is 0 Å². The van der Waals surface area contributed by atoms with Crippen molar-refractivity contribution in [3.63, 3.8) is 0 Å². The van der Waals surface area contributed by atoms with Crippen LogP contribution in [0, 0.1) is 0 Å². The molecule has 1 unspecified atom stereocenters. The Labute approximate surface area is 97.6 Å². The van der Waals surface area contributed by atoms with Gasteiger partial charge in [-0.25, -0.2) is 4.79 Å². The lowest BCUT2D eigenvalue weighted by Gasteiger charge is -2.23. The molecule has 0 bridgehead atoms. The molecule has 1 atom stereocenters. The number of nitrogens with zero attached hydrogens (tertiary/aromatic N) is 1. The molecular weight excluding hydrogens is 230 g/mol. The van der Waals surface area contributed by atoms with Crippen molar-refractivity contribution in [2.24, 2.45) is 4.99 Å². The van der Waals surface area contributed by atoms with Crippen molar-refractivity contribution in [3.8, 4) is 0 Å². The van der Waals surface area contributed by atoms with Crippen LogP contribution in [0.5, 0.6) is 0 Å². The Hall–Kier alpha value is -1.30. The van der Waals surface area contributed by atoms with Crippen LogP contribution in [0.4, 0.5) is 0 Å². The van der Waals surface area contributed by atoms with E-state index in [1.807, 2.05) is 0 Å². The van der Waals surface area contributed by atoms with Crippen molar-refractivity contribution in [3.05, 3.63) is 11.6 Å². The number of carboxylic acid groups (broad SMARTS) is 1. The summed E-state index contributed by atoms with van der Waals surface area (Å²) in [5, 5.41) is 9.55. The third-order valence-corrected chi connectivity index (χ3v) is 2.54. The molecule has 0 radical (unpaired) electrons. The summed E-state index contributed by atoms with van der Waals surface area (Å²) in [5.41, 5.74) is -0.829. The summed E-state index contributed by atoms with van der Waals surface area (Å²) >= 11 is 1.08. The number of ether oxygens (including phenoxy) is 1. The van der Waals surface area contributed by atoms with E-state index in [9.17, 15) is 9.59 Å². The van der Waals surface area contributed by atoms with Crippen LogP contribution in [0.15, 0.2) is 16.6 Å². The number of hydrogen-bond donors (Lipinski definition) is 1. The van der Waals surface area contributed by atoms with E-state index in [-0.39, 0.29) is 5.71 Å². The predicted octanol–water partition coefficient (Wildman–Crippen LogP) is 1.44. The molecule has 1 rings (SSSR count). The molecule has 1 heterocycles. The van der Waals surface area contributed by atoms with Crippen LogP contribution < -0.4 is 0 Å². The summed E-state index contributed by atoms with van der Waals surface area (Å²) in [6, 6.07) is 0. The van der Waals surface area contributed by atoms with Crippen molar-refractivity contribution in [1.29, 1.82) is 0 Å². The van der Waals surface area contributed by atoms with E-state index in [0.29, 0.717) is 0 Å². The SMILES string of the molecule is CC(C)(C)OC(=O)C1SC=CN=C1C(=O)O. The summed E-state index contributed by atoms with van der Waals surface area (Å²) in [5.74, 6) is -1.78. The Bertz CT molecular complexity index is 368. The van der Waals surface area contributed by atoms with Gasteiger partial charge in [0, 0.05) is 6.20 Å². The summed E-state index contributed by atoms with van der Waals surface area (Å²) < 4.78 is 5.12. The zero-order valence-corrected chi connectivity index (χ0v) is 10.1.